The van der Waals surface area contributed by atoms with Crippen LogP contribution in [-0.2, 0) is 4.74 Å². The number of rotatable bonds is 9. The number of ether oxygens (including phenoxy) is 1. The summed E-state index contributed by atoms with van der Waals surface area (Å²) in [6.45, 7) is 6.32. The van der Waals surface area contributed by atoms with Crippen LogP contribution in [0.3, 0.4) is 0 Å². The highest BCUT2D eigenvalue weighted by Crippen LogP contribution is 2.07. The maximum absolute atomic E-state index is 12.5. The molecule has 6 heteroatoms. The Labute approximate surface area is 131 Å². The minimum atomic E-state index is -0.231. The predicted molar refractivity (Wildman–Crippen MR) is 84.9 cm³/mol. The van der Waals surface area contributed by atoms with Crippen molar-refractivity contribution < 1.29 is 14.3 Å². The van der Waals surface area contributed by atoms with Gasteiger partial charge < -0.3 is 15.0 Å². The molecule has 1 heterocycles. The van der Waals surface area contributed by atoms with Crippen LogP contribution in [0.2, 0.25) is 0 Å². The monoisotopic (exact) mass is 307 g/mol. The highest BCUT2D eigenvalue weighted by Gasteiger charge is 2.17. The molecule has 1 rings (SSSR count). The van der Waals surface area contributed by atoms with Crippen LogP contribution in [0.25, 0.3) is 0 Å². The zero-order chi connectivity index (χ0) is 16.4. The minimum absolute atomic E-state index is 0.129. The number of nitrogens with zero attached hydrogens (tertiary/aromatic N) is 2. The molecule has 0 atom stereocenters. The van der Waals surface area contributed by atoms with Crippen molar-refractivity contribution in [3.63, 3.8) is 0 Å². The number of methoxy groups -OCH3 is 1. The van der Waals surface area contributed by atoms with Crippen molar-refractivity contribution >= 4 is 11.8 Å². The maximum atomic E-state index is 12.5. The van der Waals surface area contributed by atoms with E-state index in [2.05, 4.69) is 10.3 Å². The zero-order valence-electron chi connectivity index (χ0n) is 13.6. The summed E-state index contributed by atoms with van der Waals surface area (Å²) in [6, 6.07) is 3.14. The van der Waals surface area contributed by atoms with E-state index in [1.165, 1.54) is 6.20 Å². The standard InChI is InChI=1S/C16H25N3O3/c1-4-9-19(10-5-2)16(21)14-12-13(6-7-17-14)15(20)18-8-11-22-3/h6-7,12H,4-5,8-11H2,1-3H3,(H,18,20). The van der Waals surface area contributed by atoms with E-state index in [1.54, 1.807) is 24.1 Å². The van der Waals surface area contributed by atoms with Gasteiger partial charge in [0.1, 0.15) is 5.69 Å². The Bertz CT molecular complexity index is 485. The fourth-order valence-electron chi connectivity index (χ4n) is 2.07. The fourth-order valence-corrected chi connectivity index (χ4v) is 2.07. The van der Waals surface area contributed by atoms with Gasteiger partial charge in [0.05, 0.1) is 6.61 Å². The minimum Gasteiger partial charge on any atom is -0.383 e. The number of carbonyl (C=O) groups is 2. The fraction of sp³-hybridized carbons (Fsp3) is 0.562. The van der Waals surface area contributed by atoms with Gasteiger partial charge in [-0.1, -0.05) is 13.8 Å². The van der Waals surface area contributed by atoms with Crippen molar-refractivity contribution in [3.8, 4) is 0 Å². The highest BCUT2D eigenvalue weighted by molar-refractivity contribution is 5.98. The van der Waals surface area contributed by atoms with Crippen LogP contribution < -0.4 is 5.32 Å². The van der Waals surface area contributed by atoms with Gasteiger partial charge in [-0.25, -0.2) is 0 Å². The van der Waals surface area contributed by atoms with Crippen molar-refractivity contribution in [1.29, 1.82) is 0 Å². The molecule has 122 valence electrons. The molecule has 22 heavy (non-hydrogen) atoms. The molecule has 6 nitrogen and oxygen atoms in total. The van der Waals surface area contributed by atoms with E-state index in [-0.39, 0.29) is 11.8 Å². The van der Waals surface area contributed by atoms with Gasteiger partial charge in [-0.15, -0.1) is 0 Å². The lowest BCUT2D eigenvalue weighted by Gasteiger charge is -2.21. The molecule has 0 radical (unpaired) electrons. The molecule has 1 N–H and O–H groups in total. The van der Waals surface area contributed by atoms with Gasteiger partial charge in [-0.2, -0.15) is 0 Å². The summed E-state index contributed by atoms with van der Waals surface area (Å²) in [6.07, 6.45) is 3.28. The lowest BCUT2D eigenvalue weighted by molar-refractivity contribution is 0.0749. The van der Waals surface area contributed by atoms with E-state index in [4.69, 9.17) is 4.74 Å². The maximum Gasteiger partial charge on any atom is 0.272 e. The van der Waals surface area contributed by atoms with E-state index in [1.807, 2.05) is 13.8 Å². The molecule has 0 aliphatic carbocycles. The molecular weight excluding hydrogens is 282 g/mol. The third-order valence-electron chi connectivity index (χ3n) is 3.11. The molecule has 0 saturated heterocycles. The van der Waals surface area contributed by atoms with Gasteiger partial charge in [0.25, 0.3) is 11.8 Å². The average molecular weight is 307 g/mol. The van der Waals surface area contributed by atoms with Crippen LogP contribution in [0.5, 0.6) is 0 Å². The summed E-state index contributed by atoms with van der Waals surface area (Å²) in [5.74, 6) is -0.360. The first kappa shape index (κ1) is 18.1. The second kappa shape index (κ2) is 9.89. The topological polar surface area (TPSA) is 71.5 Å². The molecule has 0 spiro atoms. The van der Waals surface area contributed by atoms with E-state index in [9.17, 15) is 9.59 Å². The molecule has 0 fully saturated rings. The third-order valence-corrected chi connectivity index (χ3v) is 3.11. The van der Waals surface area contributed by atoms with Crippen molar-refractivity contribution in [2.75, 3.05) is 33.4 Å². The van der Waals surface area contributed by atoms with E-state index in [0.717, 1.165) is 12.8 Å². The number of aromatic nitrogens is 1. The molecule has 0 aliphatic rings. The Balaban J connectivity index is 2.81. The Hall–Kier alpha value is -1.95. The summed E-state index contributed by atoms with van der Waals surface area (Å²) in [5.41, 5.74) is 0.740. The van der Waals surface area contributed by atoms with Gasteiger partial charge in [-0.05, 0) is 25.0 Å². The van der Waals surface area contributed by atoms with Crippen LogP contribution in [0.1, 0.15) is 47.5 Å². The number of pyridine rings is 1. The number of hydrogen-bond acceptors (Lipinski definition) is 4. The van der Waals surface area contributed by atoms with Crippen LogP contribution in [-0.4, -0.2) is 55.0 Å². The van der Waals surface area contributed by atoms with Crippen LogP contribution in [0.15, 0.2) is 18.3 Å². The van der Waals surface area contributed by atoms with Crippen molar-refractivity contribution in [3.05, 3.63) is 29.6 Å². The lowest BCUT2D eigenvalue weighted by Crippen LogP contribution is -2.33. The first-order valence-corrected chi connectivity index (χ1v) is 7.66. The highest BCUT2D eigenvalue weighted by atomic mass is 16.5. The molecule has 1 aromatic rings. The molecule has 2 amide bonds. The second-order valence-electron chi connectivity index (χ2n) is 4.97. The Morgan fingerprint density at radius 3 is 2.55 bits per heavy atom. The van der Waals surface area contributed by atoms with E-state index < -0.39 is 0 Å². The van der Waals surface area contributed by atoms with Crippen LogP contribution >= 0.6 is 0 Å². The second-order valence-corrected chi connectivity index (χ2v) is 4.97. The first-order valence-electron chi connectivity index (χ1n) is 7.66. The Morgan fingerprint density at radius 2 is 1.95 bits per heavy atom. The van der Waals surface area contributed by atoms with E-state index >= 15 is 0 Å². The number of carbonyl (C=O) groups excluding carboxylic acids is 2. The van der Waals surface area contributed by atoms with Gasteiger partial charge in [0.15, 0.2) is 0 Å². The van der Waals surface area contributed by atoms with Gasteiger partial charge in [0, 0.05) is 38.5 Å². The first-order chi connectivity index (χ1) is 10.6. The number of hydrogen-bond donors (Lipinski definition) is 1. The molecule has 1 aromatic heterocycles. The Kier molecular flexibility index (Phi) is 8.14. The summed E-state index contributed by atoms with van der Waals surface area (Å²) in [5, 5.41) is 2.73. The van der Waals surface area contributed by atoms with E-state index in [0.29, 0.717) is 37.5 Å². The SMILES string of the molecule is CCCN(CCC)C(=O)c1cc(C(=O)NCCOC)ccn1. The number of nitrogens with one attached hydrogen (secondary N) is 1. The predicted octanol–water partition coefficient (Wildman–Crippen LogP) is 1.72. The summed E-state index contributed by atoms with van der Waals surface area (Å²) < 4.78 is 4.89. The zero-order valence-corrected chi connectivity index (χ0v) is 13.6. The molecule has 0 bridgehead atoms. The van der Waals surface area contributed by atoms with Crippen molar-refractivity contribution in [2.45, 2.75) is 26.7 Å². The quantitative estimate of drug-likeness (QED) is 0.705. The van der Waals surface area contributed by atoms with Crippen molar-refractivity contribution in [2.24, 2.45) is 0 Å². The summed E-state index contributed by atoms with van der Waals surface area (Å²) in [7, 11) is 1.57. The molecule has 0 unspecified atom stereocenters. The lowest BCUT2D eigenvalue weighted by atomic mass is 10.2. The van der Waals surface area contributed by atoms with Gasteiger partial charge in [0.2, 0.25) is 0 Å². The normalized spacial score (nSPS) is 10.3. The molecule has 0 saturated carbocycles. The smallest absolute Gasteiger partial charge is 0.272 e. The number of amides is 2. The average Bonchev–Trinajstić information content (AvgIpc) is 2.54. The summed E-state index contributed by atoms with van der Waals surface area (Å²) >= 11 is 0. The third kappa shape index (κ3) is 5.44. The molecule has 0 aromatic carbocycles. The molecular formula is C16H25N3O3. The molecule has 0 aliphatic heterocycles. The Morgan fingerprint density at radius 1 is 1.27 bits per heavy atom. The van der Waals surface area contributed by atoms with Gasteiger partial charge in [-0.3, -0.25) is 14.6 Å². The largest absolute Gasteiger partial charge is 0.383 e. The van der Waals surface area contributed by atoms with Crippen LogP contribution in [0.4, 0.5) is 0 Å². The van der Waals surface area contributed by atoms with Crippen LogP contribution in [0, 0.1) is 0 Å². The summed E-state index contributed by atoms with van der Waals surface area (Å²) in [4.78, 5) is 30.3. The van der Waals surface area contributed by atoms with Crippen molar-refractivity contribution in [1.82, 2.24) is 15.2 Å². The van der Waals surface area contributed by atoms with Gasteiger partial charge >= 0.3 is 0 Å².